The van der Waals surface area contributed by atoms with Gasteiger partial charge in [-0.15, -0.1) is 0 Å². The molecular weight excluding hydrogens is 262 g/mol. The molecular formula is C15H22F2N2O. The number of ether oxygens (including phenoxy) is 1. The van der Waals surface area contributed by atoms with Gasteiger partial charge in [0.25, 0.3) is 0 Å². The summed E-state index contributed by atoms with van der Waals surface area (Å²) in [5.74, 6) is 4.43. The van der Waals surface area contributed by atoms with Crippen molar-refractivity contribution < 1.29 is 13.5 Å². The first kappa shape index (κ1) is 15.4. The van der Waals surface area contributed by atoms with Crippen LogP contribution in [0.25, 0.3) is 0 Å². The predicted molar refractivity (Wildman–Crippen MR) is 74.0 cm³/mol. The SMILES string of the molecule is NNC(CCCC1CCCO1)Cc1cc(F)cc(F)c1. The molecule has 0 radical (unpaired) electrons. The maximum Gasteiger partial charge on any atom is 0.126 e. The largest absolute Gasteiger partial charge is 0.378 e. The van der Waals surface area contributed by atoms with Crippen molar-refractivity contribution in [3.05, 3.63) is 35.4 Å². The van der Waals surface area contributed by atoms with Gasteiger partial charge in [0.2, 0.25) is 0 Å². The second-order valence-corrected chi connectivity index (χ2v) is 5.41. The summed E-state index contributed by atoms with van der Waals surface area (Å²) >= 11 is 0. The number of nitrogens with two attached hydrogens (primary N) is 1. The second-order valence-electron chi connectivity index (χ2n) is 5.41. The van der Waals surface area contributed by atoms with Crippen LogP contribution >= 0.6 is 0 Å². The molecule has 1 fully saturated rings. The van der Waals surface area contributed by atoms with Gasteiger partial charge in [-0.25, -0.2) is 8.78 Å². The Kier molecular flexibility index (Phi) is 5.88. The normalized spacial score (nSPS) is 20.2. The van der Waals surface area contributed by atoms with Crippen molar-refractivity contribution in [2.24, 2.45) is 5.84 Å². The summed E-state index contributed by atoms with van der Waals surface area (Å²) in [6.45, 7) is 0.867. The van der Waals surface area contributed by atoms with Gasteiger partial charge in [0.05, 0.1) is 6.10 Å². The van der Waals surface area contributed by atoms with Crippen LogP contribution in [0.1, 0.15) is 37.7 Å². The van der Waals surface area contributed by atoms with E-state index in [1.54, 1.807) is 0 Å². The van der Waals surface area contributed by atoms with E-state index in [1.165, 1.54) is 12.1 Å². The number of halogens is 2. The third kappa shape index (κ3) is 4.81. The first-order chi connectivity index (χ1) is 9.67. The molecule has 1 saturated heterocycles. The van der Waals surface area contributed by atoms with E-state index in [0.29, 0.717) is 18.1 Å². The number of benzene rings is 1. The molecule has 2 rings (SSSR count). The van der Waals surface area contributed by atoms with Crippen LogP contribution < -0.4 is 11.3 Å². The quantitative estimate of drug-likeness (QED) is 0.598. The molecule has 0 amide bonds. The van der Waals surface area contributed by atoms with Crippen molar-refractivity contribution in [3.8, 4) is 0 Å². The zero-order valence-corrected chi connectivity index (χ0v) is 11.6. The van der Waals surface area contributed by atoms with E-state index in [1.807, 2.05) is 0 Å². The van der Waals surface area contributed by atoms with Crippen molar-refractivity contribution in [1.29, 1.82) is 0 Å². The van der Waals surface area contributed by atoms with Gasteiger partial charge < -0.3 is 4.74 Å². The molecule has 2 unspecified atom stereocenters. The maximum atomic E-state index is 13.1. The highest BCUT2D eigenvalue weighted by Crippen LogP contribution is 2.19. The average molecular weight is 284 g/mol. The lowest BCUT2D eigenvalue weighted by Gasteiger charge is -2.17. The third-order valence-corrected chi connectivity index (χ3v) is 3.74. The Morgan fingerprint density at radius 2 is 2.05 bits per heavy atom. The lowest BCUT2D eigenvalue weighted by Crippen LogP contribution is -2.36. The minimum absolute atomic E-state index is 0.0256. The molecule has 3 nitrogen and oxygen atoms in total. The zero-order chi connectivity index (χ0) is 14.4. The molecule has 112 valence electrons. The highest BCUT2D eigenvalue weighted by atomic mass is 19.1. The van der Waals surface area contributed by atoms with E-state index in [9.17, 15) is 8.78 Å². The van der Waals surface area contributed by atoms with Gasteiger partial charge >= 0.3 is 0 Å². The average Bonchev–Trinajstić information content (AvgIpc) is 2.89. The van der Waals surface area contributed by atoms with Crippen molar-refractivity contribution in [2.75, 3.05) is 6.61 Å². The van der Waals surface area contributed by atoms with Crippen LogP contribution in [-0.4, -0.2) is 18.8 Å². The number of hydrogen-bond acceptors (Lipinski definition) is 3. The second kappa shape index (κ2) is 7.67. The smallest absolute Gasteiger partial charge is 0.126 e. The van der Waals surface area contributed by atoms with E-state index in [2.05, 4.69) is 5.43 Å². The topological polar surface area (TPSA) is 47.3 Å². The van der Waals surface area contributed by atoms with Crippen molar-refractivity contribution in [2.45, 2.75) is 50.7 Å². The van der Waals surface area contributed by atoms with Crippen LogP contribution in [-0.2, 0) is 11.2 Å². The fourth-order valence-electron chi connectivity index (χ4n) is 2.72. The molecule has 0 saturated carbocycles. The molecule has 0 bridgehead atoms. The van der Waals surface area contributed by atoms with Crippen LogP contribution in [0, 0.1) is 11.6 Å². The molecule has 1 aliphatic heterocycles. The molecule has 1 heterocycles. The molecule has 20 heavy (non-hydrogen) atoms. The van der Waals surface area contributed by atoms with Gasteiger partial charge in [-0.1, -0.05) is 0 Å². The van der Waals surface area contributed by atoms with Gasteiger partial charge in [-0.3, -0.25) is 11.3 Å². The zero-order valence-electron chi connectivity index (χ0n) is 11.6. The minimum atomic E-state index is -0.546. The molecule has 1 aromatic rings. The molecule has 0 aromatic heterocycles. The van der Waals surface area contributed by atoms with Crippen LogP contribution in [0.2, 0.25) is 0 Å². The maximum absolute atomic E-state index is 13.1. The number of nitrogens with one attached hydrogen (secondary N) is 1. The van der Waals surface area contributed by atoms with E-state index in [0.717, 1.165) is 44.8 Å². The Morgan fingerprint density at radius 3 is 2.65 bits per heavy atom. The van der Waals surface area contributed by atoms with Gasteiger partial charge in [0, 0.05) is 18.7 Å². The van der Waals surface area contributed by atoms with Crippen molar-refractivity contribution >= 4 is 0 Å². The lowest BCUT2D eigenvalue weighted by molar-refractivity contribution is 0.101. The van der Waals surface area contributed by atoms with Crippen LogP contribution in [0.15, 0.2) is 18.2 Å². The Labute approximate surface area is 118 Å². The summed E-state index contributed by atoms with van der Waals surface area (Å²) < 4.78 is 31.8. The van der Waals surface area contributed by atoms with Crippen molar-refractivity contribution in [1.82, 2.24) is 5.43 Å². The highest BCUT2D eigenvalue weighted by molar-refractivity contribution is 5.18. The first-order valence-corrected chi connectivity index (χ1v) is 7.20. The summed E-state index contributed by atoms with van der Waals surface area (Å²) in [5.41, 5.74) is 3.36. The Bertz CT molecular complexity index is 402. The van der Waals surface area contributed by atoms with E-state index < -0.39 is 11.6 Å². The van der Waals surface area contributed by atoms with Gasteiger partial charge in [-0.2, -0.15) is 0 Å². The summed E-state index contributed by atoms with van der Waals surface area (Å²) in [6.07, 6.45) is 6.07. The van der Waals surface area contributed by atoms with Crippen LogP contribution in [0.3, 0.4) is 0 Å². The summed E-state index contributed by atoms with van der Waals surface area (Å²) in [4.78, 5) is 0. The van der Waals surface area contributed by atoms with Gasteiger partial charge in [0.1, 0.15) is 11.6 Å². The Balaban J connectivity index is 1.78. The molecule has 5 heteroatoms. The Morgan fingerprint density at radius 1 is 1.30 bits per heavy atom. The van der Waals surface area contributed by atoms with Crippen LogP contribution in [0.4, 0.5) is 8.78 Å². The molecule has 2 atom stereocenters. The fraction of sp³-hybridized carbons (Fsp3) is 0.600. The highest BCUT2D eigenvalue weighted by Gasteiger charge is 2.16. The predicted octanol–water partition coefficient (Wildman–Crippen LogP) is 2.69. The molecule has 3 N–H and O–H groups in total. The number of hydrogen-bond donors (Lipinski definition) is 2. The minimum Gasteiger partial charge on any atom is -0.378 e. The molecule has 0 aliphatic carbocycles. The van der Waals surface area contributed by atoms with Crippen LogP contribution in [0.5, 0.6) is 0 Å². The van der Waals surface area contributed by atoms with E-state index in [-0.39, 0.29) is 6.04 Å². The van der Waals surface area contributed by atoms with Gasteiger partial charge in [-0.05, 0) is 56.2 Å². The third-order valence-electron chi connectivity index (χ3n) is 3.74. The van der Waals surface area contributed by atoms with Gasteiger partial charge in [0.15, 0.2) is 0 Å². The molecule has 1 aliphatic rings. The van der Waals surface area contributed by atoms with Crippen molar-refractivity contribution in [3.63, 3.8) is 0 Å². The van der Waals surface area contributed by atoms with E-state index in [4.69, 9.17) is 10.6 Å². The molecule has 0 spiro atoms. The monoisotopic (exact) mass is 284 g/mol. The Hall–Kier alpha value is -1.04. The summed E-state index contributed by atoms with van der Waals surface area (Å²) in [6, 6.07) is 3.62. The fourth-order valence-corrected chi connectivity index (χ4v) is 2.72. The number of rotatable bonds is 7. The first-order valence-electron chi connectivity index (χ1n) is 7.20. The summed E-state index contributed by atoms with van der Waals surface area (Å²) in [7, 11) is 0. The molecule has 1 aromatic carbocycles. The lowest BCUT2D eigenvalue weighted by atomic mass is 9.99. The summed E-state index contributed by atoms with van der Waals surface area (Å²) in [5, 5.41) is 0. The standard InChI is InChI=1S/C15H22F2N2O/c16-12-7-11(8-13(17)10-12)9-14(19-18)3-1-4-15-5-2-6-20-15/h7-8,10,14-15,19H,1-6,9,18H2. The van der Waals surface area contributed by atoms with E-state index >= 15 is 0 Å². The number of hydrazine groups is 1.